The smallest absolute Gasteiger partial charge is 0.00485 e. The van der Waals surface area contributed by atoms with Crippen molar-refractivity contribution in [3.63, 3.8) is 0 Å². The van der Waals surface area contributed by atoms with Gasteiger partial charge in [-0.05, 0) is 43.6 Å². The Hall–Kier alpha value is 0.250. The molecule has 60 valence electrons. The molecule has 2 heteroatoms. The monoisotopic (exact) mass is 161 g/mol. The lowest BCUT2D eigenvalue weighted by atomic mass is 9.52. The Bertz CT molecular complexity index is 112. The number of halogens is 1. The van der Waals surface area contributed by atoms with Gasteiger partial charge in [0.2, 0.25) is 0 Å². The Morgan fingerprint density at radius 3 is 2.20 bits per heavy atom. The van der Waals surface area contributed by atoms with Crippen molar-refractivity contribution in [3.8, 4) is 0 Å². The van der Waals surface area contributed by atoms with Gasteiger partial charge in [-0.2, -0.15) is 0 Å². The van der Waals surface area contributed by atoms with Gasteiger partial charge in [-0.3, -0.25) is 0 Å². The predicted molar refractivity (Wildman–Crippen MR) is 45.3 cm³/mol. The molecule has 2 N–H and O–H groups in total. The van der Waals surface area contributed by atoms with Crippen LogP contribution in [0.15, 0.2) is 0 Å². The van der Waals surface area contributed by atoms with Crippen LogP contribution in [0.5, 0.6) is 0 Å². The van der Waals surface area contributed by atoms with Crippen molar-refractivity contribution in [1.82, 2.24) is 0 Å². The predicted octanol–water partition coefficient (Wildman–Crippen LogP) is 1.95. The van der Waals surface area contributed by atoms with Crippen LogP contribution in [0.2, 0.25) is 0 Å². The fourth-order valence-electron chi connectivity index (χ4n) is 2.42. The average molecular weight is 162 g/mol. The molecule has 2 fully saturated rings. The summed E-state index contributed by atoms with van der Waals surface area (Å²) in [5, 5.41) is 0. The summed E-state index contributed by atoms with van der Waals surface area (Å²) >= 11 is 0. The molecule has 0 bridgehead atoms. The Balaban J connectivity index is 0.000000500. The van der Waals surface area contributed by atoms with E-state index in [0.717, 1.165) is 17.9 Å². The first-order valence-electron chi connectivity index (χ1n) is 4.05. The van der Waals surface area contributed by atoms with Crippen LogP contribution in [-0.4, -0.2) is 6.54 Å². The van der Waals surface area contributed by atoms with Gasteiger partial charge in [-0.25, -0.2) is 0 Å². The van der Waals surface area contributed by atoms with Crippen LogP contribution in [-0.2, 0) is 0 Å². The van der Waals surface area contributed by atoms with Crippen molar-refractivity contribution >= 4 is 12.4 Å². The number of rotatable bonds is 1. The summed E-state index contributed by atoms with van der Waals surface area (Å²) in [4.78, 5) is 0. The Morgan fingerprint density at radius 2 is 1.90 bits per heavy atom. The molecule has 0 atom stereocenters. The normalized spacial score (nSPS) is 28.5. The first-order chi connectivity index (χ1) is 4.35. The largest absolute Gasteiger partial charge is 0.330 e. The van der Waals surface area contributed by atoms with E-state index in [0.29, 0.717) is 0 Å². The third-order valence-corrected chi connectivity index (χ3v) is 3.19. The van der Waals surface area contributed by atoms with Gasteiger partial charge in [0.15, 0.2) is 0 Å². The van der Waals surface area contributed by atoms with E-state index < -0.39 is 0 Å². The highest BCUT2D eigenvalue weighted by atomic mass is 35.5. The molecule has 0 saturated heterocycles. The molecule has 2 aliphatic rings. The number of hydrogen-bond donors (Lipinski definition) is 1. The van der Waals surface area contributed by atoms with Crippen molar-refractivity contribution in [2.24, 2.45) is 17.1 Å². The van der Waals surface area contributed by atoms with Gasteiger partial charge in [0.25, 0.3) is 0 Å². The average Bonchev–Trinajstić information content (AvgIpc) is 1.59. The van der Waals surface area contributed by atoms with E-state index in [1.54, 1.807) is 0 Å². The van der Waals surface area contributed by atoms with Crippen LogP contribution < -0.4 is 5.73 Å². The lowest BCUT2D eigenvalue weighted by molar-refractivity contribution is -0.0202. The molecule has 2 aliphatic carbocycles. The van der Waals surface area contributed by atoms with Crippen LogP contribution in [0.25, 0.3) is 0 Å². The standard InChI is InChI=1S/C8H15N.ClH/c9-6-7-4-8(5-7)2-1-3-8;/h7H,1-6,9H2;1H. The molecular weight excluding hydrogens is 146 g/mol. The minimum absolute atomic E-state index is 0. The maximum atomic E-state index is 5.53. The molecular formula is C8H16ClN. The van der Waals surface area contributed by atoms with E-state index >= 15 is 0 Å². The summed E-state index contributed by atoms with van der Waals surface area (Å²) in [6.45, 7) is 0.932. The number of nitrogens with two attached hydrogens (primary N) is 1. The minimum Gasteiger partial charge on any atom is -0.330 e. The van der Waals surface area contributed by atoms with Crippen molar-refractivity contribution < 1.29 is 0 Å². The molecule has 1 spiro atoms. The number of hydrogen-bond acceptors (Lipinski definition) is 1. The third-order valence-electron chi connectivity index (χ3n) is 3.19. The first kappa shape index (κ1) is 8.35. The van der Waals surface area contributed by atoms with Crippen molar-refractivity contribution in [2.45, 2.75) is 32.1 Å². The van der Waals surface area contributed by atoms with Crippen LogP contribution in [0, 0.1) is 11.3 Å². The maximum absolute atomic E-state index is 5.53. The Kier molecular flexibility index (Phi) is 2.26. The molecule has 2 rings (SSSR count). The summed E-state index contributed by atoms with van der Waals surface area (Å²) < 4.78 is 0. The highest BCUT2D eigenvalue weighted by Gasteiger charge is 2.47. The fourth-order valence-corrected chi connectivity index (χ4v) is 2.42. The van der Waals surface area contributed by atoms with Gasteiger partial charge in [0, 0.05) is 0 Å². The second kappa shape index (κ2) is 2.71. The quantitative estimate of drug-likeness (QED) is 0.625. The second-order valence-electron chi connectivity index (χ2n) is 3.86. The van der Waals surface area contributed by atoms with Gasteiger partial charge in [0.1, 0.15) is 0 Å². The lowest BCUT2D eigenvalue weighted by Gasteiger charge is -2.54. The molecule has 0 aromatic heterocycles. The highest BCUT2D eigenvalue weighted by molar-refractivity contribution is 5.85. The van der Waals surface area contributed by atoms with E-state index in [2.05, 4.69) is 0 Å². The maximum Gasteiger partial charge on any atom is -0.00485 e. The van der Waals surface area contributed by atoms with Gasteiger partial charge in [0.05, 0.1) is 0 Å². The van der Waals surface area contributed by atoms with Gasteiger partial charge < -0.3 is 5.73 Å². The molecule has 0 unspecified atom stereocenters. The fraction of sp³-hybridized carbons (Fsp3) is 1.00. The van der Waals surface area contributed by atoms with Gasteiger partial charge >= 0.3 is 0 Å². The molecule has 0 radical (unpaired) electrons. The van der Waals surface area contributed by atoms with E-state index in [-0.39, 0.29) is 12.4 Å². The Labute approximate surface area is 68.8 Å². The molecule has 0 amide bonds. The highest BCUT2D eigenvalue weighted by Crippen LogP contribution is 2.58. The third kappa shape index (κ3) is 1.06. The molecule has 0 aromatic rings. The first-order valence-corrected chi connectivity index (χ1v) is 4.05. The molecule has 10 heavy (non-hydrogen) atoms. The van der Waals surface area contributed by atoms with E-state index in [1.165, 1.54) is 32.1 Å². The molecule has 0 aromatic carbocycles. The Morgan fingerprint density at radius 1 is 1.30 bits per heavy atom. The zero-order chi connectivity index (χ0) is 6.32. The van der Waals surface area contributed by atoms with Gasteiger partial charge in [-0.1, -0.05) is 6.42 Å². The molecule has 1 nitrogen and oxygen atoms in total. The van der Waals surface area contributed by atoms with Crippen LogP contribution >= 0.6 is 12.4 Å². The summed E-state index contributed by atoms with van der Waals surface area (Å²) in [6, 6.07) is 0. The van der Waals surface area contributed by atoms with E-state index in [4.69, 9.17) is 5.73 Å². The summed E-state index contributed by atoms with van der Waals surface area (Å²) in [7, 11) is 0. The zero-order valence-corrected chi connectivity index (χ0v) is 7.12. The minimum atomic E-state index is 0. The zero-order valence-electron chi connectivity index (χ0n) is 6.31. The van der Waals surface area contributed by atoms with Crippen molar-refractivity contribution in [2.75, 3.05) is 6.54 Å². The van der Waals surface area contributed by atoms with E-state index in [9.17, 15) is 0 Å². The summed E-state index contributed by atoms with van der Waals surface area (Å²) in [5.74, 6) is 0.894. The topological polar surface area (TPSA) is 26.0 Å². The van der Waals surface area contributed by atoms with Crippen LogP contribution in [0.3, 0.4) is 0 Å². The van der Waals surface area contributed by atoms with Crippen LogP contribution in [0.1, 0.15) is 32.1 Å². The SMILES string of the molecule is Cl.NCC1CC2(CCC2)C1. The summed E-state index contributed by atoms with van der Waals surface area (Å²) in [6.07, 6.45) is 7.39. The van der Waals surface area contributed by atoms with Crippen molar-refractivity contribution in [3.05, 3.63) is 0 Å². The van der Waals surface area contributed by atoms with E-state index in [1.807, 2.05) is 0 Å². The summed E-state index contributed by atoms with van der Waals surface area (Å²) in [5.41, 5.74) is 6.37. The molecule has 0 aliphatic heterocycles. The van der Waals surface area contributed by atoms with Crippen LogP contribution in [0.4, 0.5) is 0 Å². The van der Waals surface area contributed by atoms with Gasteiger partial charge in [-0.15, -0.1) is 12.4 Å². The molecule has 0 heterocycles. The molecule has 2 saturated carbocycles. The lowest BCUT2D eigenvalue weighted by Crippen LogP contribution is -2.45. The van der Waals surface area contributed by atoms with Crippen molar-refractivity contribution in [1.29, 1.82) is 0 Å². The second-order valence-corrected chi connectivity index (χ2v) is 3.86.